The van der Waals surface area contributed by atoms with Crippen LogP contribution in [0.4, 0.5) is 10.5 Å². The molecule has 1 aromatic carbocycles. The molecule has 0 unspecified atom stereocenters. The number of nitrogens with one attached hydrogen (secondary N) is 2. The van der Waals surface area contributed by atoms with Crippen molar-refractivity contribution in [3.63, 3.8) is 0 Å². The number of para-hydroxylation sites is 2. The Bertz CT molecular complexity index is 462. The van der Waals surface area contributed by atoms with Crippen molar-refractivity contribution in [3.8, 4) is 5.75 Å². The van der Waals surface area contributed by atoms with Crippen molar-refractivity contribution in [2.75, 3.05) is 11.9 Å². The summed E-state index contributed by atoms with van der Waals surface area (Å²) in [6.07, 6.45) is 1.06. The van der Waals surface area contributed by atoms with Crippen LogP contribution >= 0.6 is 0 Å². The molecule has 1 aromatic rings. The molecule has 0 fully saturated rings. The fourth-order valence-electron chi connectivity index (χ4n) is 1.71. The van der Waals surface area contributed by atoms with E-state index in [2.05, 4.69) is 10.6 Å². The van der Waals surface area contributed by atoms with Crippen LogP contribution in [0.2, 0.25) is 0 Å². The second-order valence-corrected chi connectivity index (χ2v) is 4.21. The van der Waals surface area contributed by atoms with Gasteiger partial charge in [0.1, 0.15) is 11.8 Å². The lowest BCUT2D eigenvalue weighted by molar-refractivity contribution is -0.139. The summed E-state index contributed by atoms with van der Waals surface area (Å²) in [5.74, 6) is -0.493. The molecule has 0 aromatic heterocycles. The molecule has 2 amide bonds. The van der Waals surface area contributed by atoms with E-state index in [0.29, 0.717) is 30.9 Å². The van der Waals surface area contributed by atoms with E-state index in [9.17, 15) is 9.59 Å². The van der Waals surface area contributed by atoms with Crippen LogP contribution in [0.25, 0.3) is 0 Å². The molecule has 6 nitrogen and oxygen atoms in total. The minimum absolute atomic E-state index is 0.385. The van der Waals surface area contributed by atoms with Crippen LogP contribution in [0.15, 0.2) is 24.3 Å². The van der Waals surface area contributed by atoms with E-state index in [0.717, 1.165) is 0 Å². The first kappa shape index (κ1) is 15.8. The fraction of sp³-hybridized carbons (Fsp3) is 0.429. The third kappa shape index (κ3) is 4.79. The molecule has 1 rings (SSSR count). The number of ether oxygens (including phenoxy) is 1. The van der Waals surface area contributed by atoms with Crippen molar-refractivity contribution in [1.29, 1.82) is 0 Å². The Kier molecular flexibility index (Phi) is 6.36. The Hall–Kier alpha value is -2.24. The number of amides is 2. The molecular formula is C14H20N2O4. The quantitative estimate of drug-likeness (QED) is 0.716. The zero-order valence-corrected chi connectivity index (χ0v) is 11.7. The predicted octanol–water partition coefficient (Wildman–Crippen LogP) is 2.46. The van der Waals surface area contributed by atoms with Crippen LogP contribution in [0, 0.1) is 0 Å². The van der Waals surface area contributed by atoms with Crippen molar-refractivity contribution in [1.82, 2.24) is 5.32 Å². The summed E-state index contributed by atoms with van der Waals surface area (Å²) in [4.78, 5) is 22.8. The molecule has 1 atom stereocenters. The molecule has 0 saturated heterocycles. The van der Waals surface area contributed by atoms with E-state index in [1.165, 1.54) is 0 Å². The first-order valence-electron chi connectivity index (χ1n) is 6.60. The van der Waals surface area contributed by atoms with Gasteiger partial charge in [0.05, 0.1) is 12.3 Å². The number of hydrogen-bond acceptors (Lipinski definition) is 3. The summed E-state index contributed by atoms with van der Waals surface area (Å²) in [6.45, 7) is 4.19. The fourth-order valence-corrected chi connectivity index (χ4v) is 1.71. The van der Waals surface area contributed by atoms with Crippen molar-refractivity contribution >= 4 is 17.7 Å². The van der Waals surface area contributed by atoms with E-state index in [-0.39, 0.29) is 0 Å². The molecule has 0 aliphatic heterocycles. The van der Waals surface area contributed by atoms with Gasteiger partial charge in [0.25, 0.3) is 0 Å². The highest BCUT2D eigenvalue weighted by molar-refractivity contribution is 5.93. The highest BCUT2D eigenvalue weighted by Crippen LogP contribution is 2.23. The number of carboxylic acid groups (broad SMARTS) is 1. The average Bonchev–Trinajstić information content (AvgIpc) is 2.40. The second kappa shape index (κ2) is 8.04. The van der Waals surface area contributed by atoms with Crippen molar-refractivity contribution in [2.45, 2.75) is 32.7 Å². The maximum atomic E-state index is 11.8. The molecular weight excluding hydrogens is 260 g/mol. The summed E-state index contributed by atoms with van der Waals surface area (Å²) >= 11 is 0. The van der Waals surface area contributed by atoms with Crippen LogP contribution in [-0.4, -0.2) is 29.8 Å². The topological polar surface area (TPSA) is 87.7 Å². The number of urea groups is 1. The molecule has 0 spiro atoms. The maximum absolute atomic E-state index is 11.8. The van der Waals surface area contributed by atoms with Gasteiger partial charge in [0.15, 0.2) is 0 Å². The molecule has 0 saturated carbocycles. The number of rotatable bonds is 7. The second-order valence-electron chi connectivity index (χ2n) is 4.21. The first-order valence-corrected chi connectivity index (χ1v) is 6.60. The largest absolute Gasteiger partial charge is 0.492 e. The van der Waals surface area contributed by atoms with E-state index >= 15 is 0 Å². The SMILES string of the molecule is CCC[C@@H](NC(=O)Nc1ccccc1OCC)C(=O)O. The van der Waals surface area contributed by atoms with Crippen LogP contribution in [0.3, 0.4) is 0 Å². The Morgan fingerprint density at radius 2 is 2.00 bits per heavy atom. The highest BCUT2D eigenvalue weighted by atomic mass is 16.5. The van der Waals surface area contributed by atoms with Gasteiger partial charge in [-0.25, -0.2) is 9.59 Å². The molecule has 0 aliphatic rings. The van der Waals surface area contributed by atoms with Crippen LogP contribution in [0.5, 0.6) is 5.75 Å². The van der Waals surface area contributed by atoms with E-state index in [1.54, 1.807) is 24.3 Å². The third-order valence-corrected chi connectivity index (χ3v) is 2.62. The number of anilines is 1. The van der Waals surface area contributed by atoms with Gasteiger partial charge in [-0.15, -0.1) is 0 Å². The number of carboxylic acids is 1. The molecule has 20 heavy (non-hydrogen) atoms. The van der Waals surface area contributed by atoms with E-state index < -0.39 is 18.0 Å². The van der Waals surface area contributed by atoms with E-state index in [1.807, 2.05) is 13.8 Å². The predicted molar refractivity (Wildman–Crippen MR) is 76.1 cm³/mol. The molecule has 0 bridgehead atoms. The standard InChI is InChI=1S/C14H20N2O4/c1-3-7-11(13(17)18)16-14(19)15-10-8-5-6-9-12(10)20-4-2/h5-6,8-9,11H,3-4,7H2,1-2H3,(H,17,18)(H2,15,16,19)/t11-/m1/s1. The number of carbonyl (C=O) groups is 2. The zero-order chi connectivity index (χ0) is 15.0. The van der Waals surface area contributed by atoms with Gasteiger partial charge in [0, 0.05) is 0 Å². The smallest absolute Gasteiger partial charge is 0.326 e. The third-order valence-electron chi connectivity index (χ3n) is 2.62. The summed E-state index contributed by atoms with van der Waals surface area (Å²) < 4.78 is 5.38. The summed E-state index contributed by atoms with van der Waals surface area (Å²) in [7, 11) is 0. The number of hydrogen-bond donors (Lipinski definition) is 3. The maximum Gasteiger partial charge on any atom is 0.326 e. The van der Waals surface area contributed by atoms with Crippen molar-refractivity contribution in [3.05, 3.63) is 24.3 Å². The Balaban J connectivity index is 2.68. The molecule has 3 N–H and O–H groups in total. The zero-order valence-electron chi connectivity index (χ0n) is 11.7. The lowest BCUT2D eigenvalue weighted by Crippen LogP contribution is -2.42. The number of carbonyl (C=O) groups excluding carboxylic acids is 1. The highest BCUT2D eigenvalue weighted by Gasteiger charge is 2.19. The summed E-state index contributed by atoms with van der Waals surface area (Å²) in [5.41, 5.74) is 0.507. The van der Waals surface area contributed by atoms with Gasteiger partial charge in [-0.2, -0.15) is 0 Å². The van der Waals surface area contributed by atoms with Crippen molar-refractivity contribution < 1.29 is 19.4 Å². The van der Waals surface area contributed by atoms with Crippen LogP contribution in [0.1, 0.15) is 26.7 Å². The molecule has 6 heteroatoms. The lowest BCUT2D eigenvalue weighted by atomic mass is 10.2. The number of aliphatic carboxylic acids is 1. The number of benzene rings is 1. The van der Waals surface area contributed by atoms with Gasteiger partial charge in [-0.1, -0.05) is 25.5 Å². The molecule has 0 radical (unpaired) electrons. The lowest BCUT2D eigenvalue weighted by Gasteiger charge is -2.15. The molecule has 0 heterocycles. The van der Waals surface area contributed by atoms with Crippen LogP contribution in [-0.2, 0) is 4.79 Å². The molecule has 0 aliphatic carbocycles. The van der Waals surface area contributed by atoms with Gasteiger partial charge in [-0.05, 0) is 25.5 Å². The minimum Gasteiger partial charge on any atom is -0.492 e. The van der Waals surface area contributed by atoms with Crippen molar-refractivity contribution in [2.24, 2.45) is 0 Å². The van der Waals surface area contributed by atoms with Crippen LogP contribution < -0.4 is 15.4 Å². The van der Waals surface area contributed by atoms with Gasteiger partial charge in [-0.3, -0.25) is 0 Å². The molecule has 110 valence electrons. The van der Waals surface area contributed by atoms with E-state index in [4.69, 9.17) is 9.84 Å². The minimum atomic E-state index is -1.04. The monoisotopic (exact) mass is 280 g/mol. The van der Waals surface area contributed by atoms with Gasteiger partial charge in [0.2, 0.25) is 0 Å². The van der Waals surface area contributed by atoms with Gasteiger partial charge < -0.3 is 20.5 Å². The summed E-state index contributed by atoms with van der Waals surface area (Å²) in [5, 5.41) is 14.0. The summed E-state index contributed by atoms with van der Waals surface area (Å²) in [6, 6.07) is 5.54. The average molecular weight is 280 g/mol. The Morgan fingerprint density at radius 1 is 1.30 bits per heavy atom. The normalized spacial score (nSPS) is 11.5. The Labute approximate surface area is 118 Å². The van der Waals surface area contributed by atoms with Gasteiger partial charge >= 0.3 is 12.0 Å². The Morgan fingerprint density at radius 3 is 2.60 bits per heavy atom. The first-order chi connectivity index (χ1) is 9.58.